The van der Waals surface area contributed by atoms with E-state index in [1.165, 1.54) is 11.3 Å². The van der Waals surface area contributed by atoms with Crippen LogP contribution in [0.1, 0.15) is 6.42 Å². The molecule has 2 heterocycles. The van der Waals surface area contributed by atoms with E-state index in [9.17, 15) is 4.21 Å². The lowest BCUT2D eigenvalue weighted by Gasteiger charge is -2.03. The zero-order valence-corrected chi connectivity index (χ0v) is 9.38. The van der Waals surface area contributed by atoms with Crippen molar-refractivity contribution in [2.24, 2.45) is 0 Å². The maximum Gasteiger partial charge on any atom is 0.180 e. The van der Waals surface area contributed by atoms with Gasteiger partial charge in [-0.25, -0.2) is 4.98 Å². The standard InChI is InChI=1S/C7H10N2OS2.ClH/c10-12(6-1-2-8-5-6)7-9-3-4-11-7;/h3-4,6,8H,1-2,5H2;1H/t6-,12?;/m1./s1. The van der Waals surface area contributed by atoms with Crippen LogP contribution in [0.15, 0.2) is 15.9 Å². The summed E-state index contributed by atoms with van der Waals surface area (Å²) in [6.07, 6.45) is 2.71. The highest BCUT2D eigenvalue weighted by atomic mass is 35.5. The molecular weight excluding hydrogens is 228 g/mol. The highest BCUT2D eigenvalue weighted by Gasteiger charge is 2.23. The zero-order chi connectivity index (χ0) is 8.39. The number of aromatic nitrogens is 1. The molecule has 0 bridgehead atoms. The molecule has 0 radical (unpaired) electrons. The van der Waals surface area contributed by atoms with Crippen LogP contribution >= 0.6 is 23.7 Å². The minimum atomic E-state index is -0.883. The van der Waals surface area contributed by atoms with Crippen molar-refractivity contribution in [2.45, 2.75) is 16.0 Å². The van der Waals surface area contributed by atoms with Gasteiger partial charge in [-0.1, -0.05) is 0 Å². The average Bonchev–Trinajstić information content (AvgIpc) is 2.77. The molecule has 1 aromatic heterocycles. The van der Waals surface area contributed by atoms with Crippen molar-refractivity contribution in [1.29, 1.82) is 0 Å². The summed E-state index contributed by atoms with van der Waals surface area (Å²) in [6.45, 7) is 1.86. The number of thiazole rings is 1. The minimum Gasteiger partial charge on any atom is -0.315 e. The van der Waals surface area contributed by atoms with Crippen molar-refractivity contribution in [3.63, 3.8) is 0 Å². The third-order valence-electron chi connectivity index (χ3n) is 1.90. The molecule has 0 saturated carbocycles. The van der Waals surface area contributed by atoms with Crippen molar-refractivity contribution in [1.82, 2.24) is 10.3 Å². The number of rotatable bonds is 2. The lowest BCUT2D eigenvalue weighted by molar-refractivity contribution is 0.671. The monoisotopic (exact) mass is 238 g/mol. The van der Waals surface area contributed by atoms with Gasteiger partial charge in [-0.05, 0) is 13.0 Å². The molecule has 13 heavy (non-hydrogen) atoms. The van der Waals surface area contributed by atoms with Crippen LogP contribution < -0.4 is 5.32 Å². The van der Waals surface area contributed by atoms with Crippen LogP contribution in [-0.4, -0.2) is 27.5 Å². The fourth-order valence-corrected chi connectivity index (χ4v) is 3.63. The summed E-state index contributed by atoms with van der Waals surface area (Å²) in [5.74, 6) is 0. The van der Waals surface area contributed by atoms with E-state index in [1.807, 2.05) is 5.38 Å². The Bertz CT molecular complexity index is 272. The van der Waals surface area contributed by atoms with Crippen molar-refractivity contribution in [3.8, 4) is 0 Å². The van der Waals surface area contributed by atoms with Crippen molar-refractivity contribution in [3.05, 3.63) is 11.6 Å². The van der Waals surface area contributed by atoms with E-state index in [0.717, 1.165) is 23.8 Å². The summed E-state index contributed by atoms with van der Waals surface area (Å²) >= 11 is 1.48. The lowest BCUT2D eigenvalue weighted by Crippen LogP contribution is -2.18. The summed E-state index contributed by atoms with van der Waals surface area (Å²) in [6, 6.07) is 0. The second-order valence-electron chi connectivity index (χ2n) is 2.71. The quantitative estimate of drug-likeness (QED) is 0.837. The number of hydrogen-bond donors (Lipinski definition) is 1. The Kier molecular flexibility index (Phi) is 4.31. The van der Waals surface area contributed by atoms with E-state index in [0.29, 0.717) is 0 Å². The van der Waals surface area contributed by atoms with Gasteiger partial charge >= 0.3 is 0 Å². The van der Waals surface area contributed by atoms with Crippen LogP contribution in [0, 0.1) is 0 Å². The van der Waals surface area contributed by atoms with Crippen molar-refractivity contribution in [2.75, 3.05) is 13.1 Å². The van der Waals surface area contributed by atoms with Crippen LogP contribution in [0.2, 0.25) is 0 Å². The fraction of sp³-hybridized carbons (Fsp3) is 0.571. The maximum absolute atomic E-state index is 11.7. The average molecular weight is 239 g/mol. The first-order chi connectivity index (χ1) is 5.88. The summed E-state index contributed by atoms with van der Waals surface area (Å²) in [5, 5.41) is 5.34. The maximum atomic E-state index is 11.7. The summed E-state index contributed by atoms with van der Waals surface area (Å²) in [4.78, 5) is 4.05. The van der Waals surface area contributed by atoms with E-state index in [1.54, 1.807) is 6.20 Å². The molecule has 1 fully saturated rings. The van der Waals surface area contributed by atoms with Gasteiger partial charge in [0.15, 0.2) is 4.34 Å². The van der Waals surface area contributed by atoms with Crippen LogP contribution in [0.3, 0.4) is 0 Å². The lowest BCUT2D eigenvalue weighted by atomic mass is 10.4. The highest BCUT2D eigenvalue weighted by Crippen LogP contribution is 2.17. The molecule has 2 atom stereocenters. The van der Waals surface area contributed by atoms with Gasteiger partial charge in [0.1, 0.15) is 0 Å². The molecule has 0 aliphatic carbocycles. The Morgan fingerprint density at radius 1 is 1.69 bits per heavy atom. The normalized spacial score (nSPS) is 23.8. The molecule has 1 aliphatic heterocycles. The SMILES string of the molecule is Cl.O=S(c1nccs1)[C@@H]1CCNC1. The van der Waals surface area contributed by atoms with E-state index in [4.69, 9.17) is 0 Å². The summed E-state index contributed by atoms with van der Waals surface area (Å²) < 4.78 is 12.5. The van der Waals surface area contributed by atoms with Crippen LogP contribution in [0.4, 0.5) is 0 Å². The molecule has 0 aromatic carbocycles. The Labute approximate surface area is 89.8 Å². The molecule has 2 rings (SSSR count). The van der Waals surface area contributed by atoms with Crippen LogP contribution in [0.25, 0.3) is 0 Å². The Balaban J connectivity index is 0.000000845. The smallest absolute Gasteiger partial charge is 0.180 e. The number of nitrogens with zero attached hydrogens (tertiary/aromatic N) is 1. The predicted molar refractivity (Wildman–Crippen MR) is 57.0 cm³/mol. The third-order valence-corrected chi connectivity index (χ3v) is 4.70. The van der Waals surface area contributed by atoms with Crippen molar-refractivity contribution < 1.29 is 4.21 Å². The van der Waals surface area contributed by atoms with Gasteiger partial charge in [0, 0.05) is 18.1 Å². The Hall–Kier alpha value is 0.0300. The van der Waals surface area contributed by atoms with Gasteiger partial charge in [0.2, 0.25) is 0 Å². The van der Waals surface area contributed by atoms with Gasteiger partial charge < -0.3 is 5.32 Å². The predicted octanol–water partition coefficient (Wildman–Crippen LogP) is 1.03. The highest BCUT2D eigenvalue weighted by molar-refractivity contribution is 7.87. The van der Waals surface area contributed by atoms with Gasteiger partial charge in [0.25, 0.3) is 0 Å². The van der Waals surface area contributed by atoms with E-state index < -0.39 is 10.8 Å². The molecule has 1 saturated heterocycles. The van der Waals surface area contributed by atoms with Gasteiger partial charge in [0.05, 0.1) is 16.0 Å². The first-order valence-corrected chi connectivity index (χ1v) is 5.98. The number of hydrogen-bond acceptors (Lipinski definition) is 4. The molecule has 0 amide bonds. The molecule has 6 heteroatoms. The topological polar surface area (TPSA) is 42.0 Å². The molecule has 1 aliphatic rings. The molecule has 3 nitrogen and oxygen atoms in total. The molecular formula is C7H11ClN2OS2. The summed E-state index contributed by atoms with van der Waals surface area (Å²) in [5.41, 5.74) is 0. The largest absolute Gasteiger partial charge is 0.315 e. The molecule has 1 N–H and O–H groups in total. The van der Waals surface area contributed by atoms with Crippen molar-refractivity contribution >= 4 is 34.5 Å². The number of nitrogens with one attached hydrogen (secondary N) is 1. The second kappa shape index (κ2) is 5.05. The van der Waals surface area contributed by atoms with E-state index in [-0.39, 0.29) is 17.7 Å². The minimum absolute atomic E-state index is 0. The van der Waals surface area contributed by atoms with Gasteiger partial charge in [-0.15, -0.1) is 23.7 Å². The molecule has 74 valence electrons. The molecule has 0 spiro atoms. The second-order valence-corrected chi connectivity index (χ2v) is 5.51. The van der Waals surface area contributed by atoms with Crippen LogP contribution in [-0.2, 0) is 10.8 Å². The first kappa shape index (κ1) is 11.1. The van der Waals surface area contributed by atoms with Gasteiger partial charge in [-0.2, -0.15) is 0 Å². The molecule has 1 unspecified atom stereocenters. The summed E-state index contributed by atoms with van der Waals surface area (Å²) in [7, 11) is -0.883. The molecule has 1 aromatic rings. The van der Waals surface area contributed by atoms with Crippen LogP contribution in [0.5, 0.6) is 0 Å². The Morgan fingerprint density at radius 2 is 2.54 bits per heavy atom. The third kappa shape index (κ3) is 2.49. The number of halogens is 1. The Morgan fingerprint density at radius 3 is 3.08 bits per heavy atom. The van der Waals surface area contributed by atoms with Gasteiger partial charge in [-0.3, -0.25) is 4.21 Å². The fourth-order valence-electron chi connectivity index (χ4n) is 1.26. The zero-order valence-electron chi connectivity index (χ0n) is 6.93. The first-order valence-electron chi connectivity index (χ1n) is 3.89. The van der Waals surface area contributed by atoms with E-state index >= 15 is 0 Å². The van der Waals surface area contributed by atoms with E-state index in [2.05, 4.69) is 10.3 Å².